The fourth-order valence-electron chi connectivity index (χ4n) is 1.27. The molecule has 0 unspecified atom stereocenters. The lowest BCUT2D eigenvalue weighted by molar-refractivity contribution is 0.0691. The highest BCUT2D eigenvalue weighted by atomic mass is 35.5. The van der Waals surface area contributed by atoms with Crippen molar-refractivity contribution >= 4 is 40.1 Å². The van der Waals surface area contributed by atoms with Gasteiger partial charge in [0.25, 0.3) is 0 Å². The zero-order chi connectivity index (χ0) is 11.0. The fourth-order valence-corrected chi connectivity index (χ4v) is 1.69. The number of nitrogens with zero attached hydrogens (tertiary/aromatic N) is 1. The minimum absolute atomic E-state index is 0.109. The second-order valence-corrected chi connectivity index (χ2v) is 3.80. The number of benzene rings is 1. The van der Waals surface area contributed by atoms with E-state index in [1.54, 1.807) is 24.3 Å². The van der Waals surface area contributed by atoms with Crippen LogP contribution in [-0.4, -0.2) is 16.1 Å². The van der Waals surface area contributed by atoms with E-state index in [0.29, 0.717) is 10.5 Å². The van der Waals surface area contributed by atoms with Crippen molar-refractivity contribution in [3.05, 3.63) is 40.0 Å². The Balaban J connectivity index is 2.76. The summed E-state index contributed by atoms with van der Waals surface area (Å²) in [5.41, 5.74) is 0.410. The van der Waals surface area contributed by atoms with Gasteiger partial charge in [-0.15, -0.1) is 0 Å². The lowest BCUT2D eigenvalue weighted by atomic mass is 10.2. The quantitative estimate of drug-likeness (QED) is 0.834. The van der Waals surface area contributed by atoms with Crippen LogP contribution in [0.15, 0.2) is 24.3 Å². The monoisotopic (exact) mass is 241 g/mol. The first-order valence-electron chi connectivity index (χ1n) is 4.07. The van der Waals surface area contributed by atoms with E-state index < -0.39 is 5.97 Å². The highest BCUT2D eigenvalue weighted by Crippen LogP contribution is 2.23. The van der Waals surface area contributed by atoms with Gasteiger partial charge >= 0.3 is 5.97 Å². The number of aromatic carboxylic acids is 1. The molecular formula is C10H5Cl2NO2. The number of carboxylic acids is 1. The van der Waals surface area contributed by atoms with E-state index in [2.05, 4.69) is 4.98 Å². The zero-order valence-electron chi connectivity index (χ0n) is 7.37. The van der Waals surface area contributed by atoms with Crippen LogP contribution >= 0.6 is 23.2 Å². The highest BCUT2D eigenvalue weighted by molar-refractivity contribution is 6.34. The van der Waals surface area contributed by atoms with Gasteiger partial charge < -0.3 is 5.11 Å². The van der Waals surface area contributed by atoms with Crippen molar-refractivity contribution < 1.29 is 9.90 Å². The van der Waals surface area contributed by atoms with Crippen LogP contribution in [0.4, 0.5) is 0 Å². The van der Waals surface area contributed by atoms with Crippen LogP contribution in [0.5, 0.6) is 0 Å². The molecule has 0 bridgehead atoms. The standard InChI is InChI=1S/C10H5Cl2NO2/c11-6-1-2-8-5(3-6)4-7(12)9(13-8)10(14)15/h1-4H,(H,14,15). The average Bonchev–Trinajstić information content (AvgIpc) is 2.15. The molecule has 0 radical (unpaired) electrons. The van der Waals surface area contributed by atoms with Crippen LogP contribution in [-0.2, 0) is 0 Å². The molecule has 2 aromatic rings. The van der Waals surface area contributed by atoms with Crippen LogP contribution in [0.3, 0.4) is 0 Å². The Morgan fingerprint density at radius 2 is 2.00 bits per heavy atom. The molecule has 0 atom stereocenters. The Kier molecular flexibility index (Phi) is 2.50. The summed E-state index contributed by atoms with van der Waals surface area (Å²) in [5.74, 6) is -1.14. The van der Waals surface area contributed by atoms with E-state index in [0.717, 1.165) is 5.39 Å². The molecule has 0 spiro atoms. The topological polar surface area (TPSA) is 50.2 Å². The Hall–Kier alpha value is -1.32. The minimum atomic E-state index is -1.14. The van der Waals surface area contributed by atoms with E-state index >= 15 is 0 Å². The predicted octanol–water partition coefficient (Wildman–Crippen LogP) is 3.24. The molecule has 1 aromatic heterocycles. The third-order valence-electron chi connectivity index (χ3n) is 1.93. The van der Waals surface area contributed by atoms with Crippen LogP contribution in [0.1, 0.15) is 10.5 Å². The smallest absolute Gasteiger partial charge is 0.356 e. The highest BCUT2D eigenvalue weighted by Gasteiger charge is 2.11. The number of hydrogen-bond donors (Lipinski definition) is 1. The molecule has 5 heteroatoms. The molecule has 0 aliphatic carbocycles. The maximum absolute atomic E-state index is 10.8. The van der Waals surface area contributed by atoms with Crippen LogP contribution in [0.25, 0.3) is 10.9 Å². The van der Waals surface area contributed by atoms with Crippen LogP contribution in [0.2, 0.25) is 10.0 Å². The molecule has 1 aromatic carbocycles. The number of fused-ring (bicyclic) bond motifs is 1. The third kappa shape index (κ3) is 1.89. The summed E-state index contributed by atoms with van der Waals surface area (Å²) in [5, 5.41) is 10.2. The second-order valence-electron chi connectivity index (χ2n) is 2.96. The normalized spacial score (nSPS) is 10.5. The van der Waals surface area contributed by atoms with Gasteiger partial charge in [-0.05, 0) is 24.3 Å². The number of carboxylic acid groups (broad SMARTS) is 1. The molecule has 0 amide bonds. The number of halogens is 2. The lowest BCUT2D eigenvalue weighted by Gasteiger charge is -2.02. The van der Waals surface area contributed by atoms with Crippen molar-refractivity contribution in [3.8, 4) is 0 Å². The number of carbonyl (C=O) groups is 1. The predicted molar refractivity (Wildman–Crippen MR) is 58.7 cm³/mol. The van der Waals surface area contributed by atoms with Crippen molar-refractivity contribution in [1.82, 2.24) is 4.98 Å². The summed E-state index contributed by atoms with van der Waals surface area (Å²) in [6, 6.07) is 6.53. The van der Waals surface area contributed by atoms with E-state index in [9.17, 15) is 4.79 Å². The summed E-state index contributed by atoms with van der Waals surface area (Å²) < 4.78 is 0. The van der Waals surface area contributed by atoms with E-state index in [1.165, 1.54) is 0 Å². The van der Waals surface area contributed by atoms with E-state index in [1.807, 2.05) is 0 Å². The van der Waals surface area contributed by atoms with Gasteiger partial charge in [0, 0.05) is 10.4 Å². The molecule has 0 aliphatic rings. The van der Waals surface area contributed by atoms with Gasteiger partial charge in [0.05, 0.1) is 10.5 Å². The third-order valence-corrected chi connectivity index (χ3v) is 2.46. The van der Waals surface area contributed by atoms with Crippen molar-refractivity contribution in [2.24, 2.45) is 0 Å². The maximum Gasteiger partial charge on any atom is 0.356 e. The number of rotatable bonds is 1. The zero-order valence-corrected chi connectivity index (χ0v) is 8.88. The summed E-state index contributed by atoms with van der Waals surface area (Å²) in [4.78, 5) is 14.7. The van der Waals surface area contributed by atoms with Gasteiger partial charge in [0.2, 0.25) is 0 Å². The molecular weight excluding hydrogens is 237 g/mol. The van der Waals surface area contributed by atoms with Gasteiger partial charge in [0.15, 0.2) is 5.69 Å². The first-order valence-corrected chi connectivity index (χ1v) is 4.82. The molecule has 15 heavy (non-hydrogen) atoms. The van der Waals surface area contributed by atoms with Gasteiger partial charge in [0.1, 0.15) is 0 Å². The fraction of sp³-hybridized carbons (Fsp3) is 0. The van der Waals surface area contributed by atoms with Gasteiger partial charge in [-0.25, -0.2) is 9.78 Å². The largest absolute Gasteiger partial charge is 0.476 e. The Morgan fingerprint density at radius 1 is 1.27 bits per heavy atom. The molecule has 0 saturated heterocycles. The first-order chi connectivity index (χ1) is 7.08. The van der Waals surface area contributed by atoms with Crippen molar-refractivity contribution in [3.63, 3.8) is 0 Å². The number of pyridine rings is 1. The molecule has 2 rings (SSSR count). The first kappa shape index (κ1) is 10.2. The van der Waals surface area contributed by atoms with E-state index in [4.69, 9.17) is 28.3 Å². The van der Waals surface area contributed by atoms with Gasteiger partial charge in [-0.2, -0.15) is 0 Å². The van der Waals surface area contributed by atoms with E-state index in [-0.39, 0.29) is 10.7 Å². The second kappa shape index (κ2) is 3.68. The summed E-state index contributed by atoms with van der Waals surface area (Å²) in [6.45, 7) is 0. The molecule has 0 fully saturated rings. The minimum Gasteiger partial charge on any atom is -0.476 e. The number of hydrogen-bond acceptors (Lipinski definition) is 2. The van der Waals surface area contributed by atoms with Crippen molar-refractivity contribution in [1.29, 1.82) is 0 Å². The summed E-state index contributed by atoms with van der Waals surface area (Å²) in [7, 11) is 0. The molecule has 1 heterocycles. The van der Waals surface area contributed by atoms with Gasteiger partial charge in [-0.1, -0.05) is 23.2 Å². The molecule has 0 aliphatic heterocycles. The molecule has 76 valence electrons. The Bertz CT molecular complexity index is 554. The molecule has 3 nitrogen and oxygen atoms in total. The van der Waals surface area contributed by atoms with Crippen LogP contribution < -0.4 is 0 Å². The van der Waals surface area contributed by atoms with Gasteiger partial charge in [-0.3, -0.25) is 0 Å². The SMILES string of the molecule is O=C(O)c1nc2ccc(Cl)cc2cc1Cl. The Labute approximate surface area is 95.3 Å². The number of aromatic nitrogens is 1. The van der Waals surface area contributed by atoms with Crippen molar-refractivity contribution in [2.45, 2.75) is 0 Å². The summed E-state index contributed by atoms with van der Waals surface area (Å²) >= 11 is 11.6. The molecule has 1 N–H and O–H groups in total. The Morgan fingerprint density at radius 3 is 2.67 bits per heavy atom. The van der Waals surface area contributed by atoms with Crippen molar-refractivity contribution in [2.75, 3.05) is 0 Å². The van der Waals surface area contributed by atoms with Crippen LogP contribution in [0, 0.1) is 0 Å². The average molecular weight is 242 g/mol. The lowest BCUT2D eigenvalue weighted by Crippen LogP contribution is -2.01. The summed E-state index contributed by atoms with van der Waals surface area (Å²) in [6.07, 6.45) is 0. The molecule has 0 saturated carbocycles. The maximum atomic E-state index is 10.8.